The molecule has 6 heteroatoms. The molecule has 1 N–H and O–H groups in total. The summed E-state index contributed by atoms with van der Waals surface area (Å²) in [4.78, 5) is 17.4. The lowest BCUT2D eigenvalue weighted by atomic mass is 10.0. The number of nitrogens with zero attached hydrogens (tertiary/aromatic N) is 4. The molecular weight excluding hydrogens is 353 g/mol. The minimum absolute atomic E-state index is 0.260. The first-order valence-corrected chi connectivity index (χ1v) is 8.87. The quantitative estimate of drug-likeness (QED) is 0.553. The van der Waals surface area contributed by atoms with Crippen LogP contribution in [0.1, 0.15) is 11.4 Å². The molecule has 0 atom stereocenters. The number of anilines is 1. The van der Waals surface area contributed by atoms with Crippen LogP contribution in [-0.2, 0) is 6.54 Å². The fourth-order valence-electron chi connectivity index (χ4n) is 2.88. The number of rotatable bonds is 5. The zero-order valence-electron chi connectivity index (χ0n) is 15.3. The van der Waals surface area contributed by atoms with Gasteiger partial charge in [-0.25, -0.2) is 14.4 Å². The van der Waals surface area contributed by atoms with Gasteiger partial charge in [0.2, 0.25) is 0 Å². The minimum atomic E-state index is -0.260. The van der Waals surface area contributed by atoms with E-state index >= 15 is 0 Å². The molecule has 0 bridgehead atoms. The van der Waals surface area contributed by atoms with E-state index < -0.39 is 0 Å². The van der Waals surface area contributed by atoms with Gasteiger partial charge in [-0.15, -0.1) is 0 Å². The topological polar surface area (TPSA) is 63.6 Å². The van der Waals surface area contributed by atoms with Gasteiger partial charge in [-0.05, 0) is 48.4 Å². The Balaban J connectivity index is 1.61. The van der Waals surface area contributed by atoms with Crippen LogP contribution >= 0.6 is 0 Å². The smallest absolute Gasteiger partial charge is 0.130 e. The molecule has 1 aromatic carbocycles. The summed E-state index contributed by atoms with van der Waals surface area (Å²) < 4.78 is 13.2. The normalized spacial score (nSPS) is 10.6. The molecule has 0 aliphatic rings. The van der Waals surface area contributed by atoms with Crippen molar-refractivity contribution in [2.24, 2.45) is 0 Å². The number of aryl methyl sites for hydroxylation is 1. The maximum absolute atomic E-state index is 13.2. The van der Waals surface area contributed by atoms with E-state index in [2.05, 4.69) is 25.3 Å². The molecule has 0 spiro atoms. The SMILES string of the molecule is Cc1nc(NCc2ccncc2)cc(-c2cncc(-c3ccc(F)cc3)c2)n1. The van der Waals surface area contributed by atoms with E-state index in [4.69, 9.17) is 0 Å². The minimum Gasteiger partial charge on any atom is -0.366 e. The first-order valence-electron chi connectivity index (χ1n) is 8.87. The lowest BCUT2D eigenvalue weighted by molar-refractivity contribution is 0.628. The number of pyridine rings is 2. The summed E-state index contributed by atoms with van der Waals surface area (Å²) in [5, 5.41) is 3.32. The summed E-state index contributed by atoms with van der Waals surface area (Å²) in [6.45, 7) is 2.50. The molecular formula is C22H18FN5. The van der Waals surface area contributed by atoms with Gasteiger partial charge in [0.25, 0.3) is 0 Å². The van der Waals surface area contributed by atoms with Crippen molar-refractivity contribution in [3.8, 4) is 22.4 Å². The molecule has 138 valence electrons. The van der Waals surface area contributed by atoms with Crippen molar-refractivity contribution in [3.63, 3.8) is 0 Å². The second-order valence-corrected chi connectivity index (χ2v) is 6.36. The Morgan fingerprint density at radius 2 is 1.57 bits per heavy atom. The number of hydrogen-bond acceptors (Lipinski definition) is 5. The van der Waals surface area contributed by atoms with Gasteiger partial charge in [0.15, 0.2) is 0 Å². The van der Waals surface area contributed by atoms with Crippen LogP contribution in [0.5, 0.6) is 0 Å². The Hall–Kier alpha value is -3.67. The zero-order chi connectivity index (χ0) is 19.3. The molecule has 0 fully saturated rings. The van der Waals surface area contributed by atoms with Gasteiger partial charge < -0.3 is 5.32 Å². The lowest BCUT2D eigenvalue weighted by Gasteiger charge is -2.10. The Labute approximate surface area is 162 Å². The fraction of sp³-hybridized carbons (Fsp3) is 0.0909. The van der Waals surface area contributed by atoms with Crippen molar-refractivity contribution in [3.05, 3.63) is 90.5 Å². The number of halogens is 1. The van der Waals surface area contributed by atoms with Crippen molar-refractivity contribution in [2.75, 3.05) is 5.32 Å². The third-order valence-electron chi connectivity index (χ3n) is 4.27. The van der Waals surface area contributed by atoms with Crippen LogP contribution < -0.4 is 5.32 Å². The second-order valence-electron chi connectivity index (χ2n) is 6.36. The van der Waals surface area contributed by atoms with Gasteiger partial charge in [-0.3, -0.25) is 9.97 Å². The highest BCUT2D eigenvalue weighted by Gasteiger charge is 2.07. The first kappa shape index (κ1) is 17.7. The van der Waals surface area contributed by atoms with Crippen LogP contribution in [0.25, 0.3) is 22.4 Å². The van der Waals surface area contributed by atoms with Crippen LogP contribution in [-0.4, -0.2) is 19.9 Å². The van der Waals surface area contributed by atoms with Gasteiger partial charge >= 0.3 is 0 Å². The number of nitrogens with one attached hydrogen (secondary N) is 1. The third kappa shape index (κ3) is 4.17. The van der Waals surface area contributed by atoms with E-state index in [-0.39, 0.29) is 5.82 Å². The molecule has 0 unspecified atom stereocenters. The van der Waals surface area contributed by atoms with Crippen molar-refractivity contribution < 1.29 is 4.39 Å². The average molecular weight is 371 g/mol. The largest absolute Gasteiger partial charge is 0.366 e. The highest BCUT2D eigenvalue weighted by Crippen LogP contribution is 2.25. The molecule has 0 aliphatic carbocycles. The van der Waals surface area contributed by atoms with Crippen LogP contribution in [0.2, 0.25) is 0 Å². The molecule has 3 heterocycles. The summed E-state index contributed by atoms with van der Waals surface area (Å²) in [6, 6.07) is 14.2. The Morgan fingerprint density at radius 1 is 0.821 bits per heavy atom. The van der Waals surface area contributed by atoms with Crippen molar-refractivity contribution in [1.82, 2.24) is 19.9 Å². The van der Waals surface area contributed by atoms with Gasteiger partial charge in [-0.1, -0.05) is 12.1 Å². The van der Waals surface area contributed by atoms with E-state index in [0.29, 0.717) is 12.4 Å². The average Bonchev–Trinajstić information content (AvgIpc) is 2.73. The van der Waals surface area contributed by atoms with Gasteiger partial charge in [0, 0.05) is 48.5 Å². The lowest BCUT2D eigenvalue weighted by Crippen LogP contribution is -2.04. The van der Waals surface area contributed by atoms with Crippen LogP contribution in [0.3, 0.4) is 0 Å². The standard InChI is InChI=1S/C22H18FN5/c1-15-27-21(11-22(28-15)26-12-16-6-8-24-9-7-16)19-10-18(13-25-14-19)17-2-4-20(23)5-3-17/h2-11,13-14H,12H2,1H3,(H,26,27,28). The summed E-state index contributed by atoms with van der Waals surface area (Å²) in [5.74, 6) is 1.15. The van der Waals surface area contributed by atoms with Gasteiger partial charge in [0.05, 0.1) is 5.69 Å². The molecule has 5 nitrogen and oxygen atoms in total. The fourth-order valence-corrected chi connectivity index (χ4v) is 2.88. The van der Waals surface area contributed by atoms with Crippen molar-refractivity contribution in [2.45, 2.75) is 13.5 Å². The molecule has 3 aromatic heterocycles. The molecule has 4 rings (SSSR count). The summed E-state index contributed by atoms with van der Waals surface area (Å²) >= 11 is 0. The van der Waals surface area contributed by atoms with Crippen LogP contribution in [0, 0.1) is 12.7 Å². The van der Waals surface area contributed by atoms with Gasteiger partial charge in [0.1, 0.15) is 17.5 Å². The van der Waals surface area contributed by atoms with E-state index in [0.717, 1.165) is 33.8 Å². The predicted octanol–water partition coefficient (Wildman–Crippen LogP) is 4.66. The Bertz CT molecular complexity index is 1080. The molecule has 0 aliphatic heterocycles. The van der Waals surface area contributed by atoms with Crippen LogP contribution in [0.4, 0.5) is 10.2 Å². The maximum Gasteiger partial charge on any atom is 0.130 e. The number of aromatic nitrogens is 4. The van der Waals surface area contributed by atoms with E-state index in [1.54, 1.807) is 36.9 Å². The van der Waals surface area contributed by atoms with Crippen molar-refractivity contribution >= 4 is 5.82 Å². The third-order valence-corrected chi connectivity index (χ3v) is 4.27. The maximum atomic E-state index is 13.2. The Morgan fingerprint density at radius 3 is 2.36 bits per heavy atom. The first-order chi connectivity index (χ1) is 13.7. The molecule has 28 heavy (non-hydrogen) atoms. The molecule has 4 aromatic rings. The van der Waals surface area contributed by atoms with Crippen LogP contribution in [0.15, 0.2) is 73.3 Å². The monoisotopic (exact) mass is 371 g/mol. The highest BCUT2D eigenvalue weighted by atomic mass is 19.1. The highest BCUT2D eigenvalue weighted by molar-refractivity contribution is 5.71. The Kier molecular flexibility index (Phi) is 5.01. The molecule has 0 amide bonds. The zero-order valence-corrected chi connectivity index (χ0v) is 15.3. The van der Waals surface area contributed by atoms with Crippen molar-refractivity contribution in [1.29, 1.82) is 0 Å². The summed E-state index contributed by atoms with van der Waals surface area (Å²) in [6.07, 6.45) is 7.05. The summed E-state index contributed by atoms with van der Waals surface area (Å²) in [5.41, 5.74) is 4.57. The second kappa shape index (κ2) is 7.92. The number of hydrogen-bond donors (Lipinski definition) is 1. The van der Waals surface area contributed by atoms with E-state index in [1.807, 2.05) is 31.2 Å². The number of benzene rings is 1. The van der Waals surface area contributed by atoms with E-state index in [9.17, 15) is 4.39 Å². The van der Waals surface area contributed by atoms with Gasteiger partial charge in [-0.2, -0.15) is 0 Å². The summed E-state index contributed by atoms with van der Waals surface area (Å²) in [7, 11) is 0. The molecule has 0 saturated heterocycles. The van der Waals surface area contributed by atoms with E-state index in [1.165, 1.54) is 12.1 Å². The molecule has 0 radical (unpaired) electrons. The predicted molar refractivity (Wildman–Crippen MR) is 107 cm³/mol. The molecule has 0 saturated carbocycles.